The van der Waals surface area contributed by atoms with Gasteiger partial charge in [-0.3, -0.25) is 10.1 Å². The number of cyclic esters (lactones) is 1. The van der Waals surface area contributed by atoms with Crippen LogP contribution in [0.25, 0.3) is 12.2 Å². The van der Waals surface area contributed by atoms with Crippen LogP contribution in [0.4, 0.5) is 5.69 Å². The minimum absolute atomic E-state index is 0.0231. The molecule has 0 unspecified atom stereocenters. The summed E-state index contributed by atoms with van der Waals surface area (Å²) in [5.74, 6) is 0.271. The number of ether oxygens (including phenoxy) is 2. The molecule has 0 aliphatic carbocycles. The number of benzene rings is 2. The van der Waals surface area contributed by atoms with Crippen LogP contribution in [0.5, 0.6) is 5.75 Å². The van der Waals surface area contributed by atoms with Crippen LogP contribution in [0.15, 0.2) is 65.3 Å². The Morgan fingerprint density at radius 2 is 1.85 bits per heavy atom. The Bertz CT molecular complexity index is 943. The lowest BCUT2D eigenvalue weighted by Crippen LogP contribution is -2.01. The van der Waals surface area contributed by atoms with Crippen LogP contribution in [-0.2, 0) is 9.53 Å². The molecule has 0 bridgehead atoms. The van der Waals surface area contributed by atoms with Gasteiger partial charge in [-0.05, 0) is 35.9 Å². The molecule has 7 nitrogen and oxygen atoms in total. The van der Waals surface area contributed by atoms with Crippen molar-refractivity contribution in [2.45, 2.75) is 0 Å². The van der Waals surface area contributed by atoms with Gasteiger partial charge < -0.3 is 9.47 Å². The van der Waals surface area contributed by atoms with Crippen LogP contribution >= 0.6 is 0 Å². The van der Waals surface area contributed by atoms with Gasteiger partial charge in [-0.2, -0.15) is 0 Å². The van der Waals surface area contributed by atoms with Crippen LogP contribution in [0.2, 0.25) is 0 Å². The van der Waals surface area contributed by atoms with Gasteiger partial charge in [0.2, 0.25) is 5.90 Å². The molecule has 0 N–H and O–H groups in total. The molecule has 2 aromatic rings. The van der Waals surface area contributed by atoms with Crippen molar-refractivity contribution in [1.29, 1.82) is 0 Å². The molecule has 7 heteroatoms. The molecule has 3 rings (SSSR count). The smallest absolute Gasteiger partial charge is 0.363 e. The van der Waals surface area contributed by atoms with Gasteiger partial charge >= 0.3 is 5.97 Å². The molecule has 0 fully saturated rings. The number of carbonyl (C=O) groups excluding carboxylic acids is 1. The zero-order valence-electron chi connectivity index (χ0n) is 13.8. The molecule has 0 spiro atoms. The first-order chi connectivity index (χ1) is 12.6. The summed E-state index contributed by atoms with van der Waals surface area (Å²) in [6, 6.07) is 13.2. The number of rotatable bonds is 5. The second-order valence-corrected chi connectivity index (χ2v) is 5.29. The standard InChI is InChI=1S/C19H14N2O5/c1-25-17-5-3-2-4-14(17)8-11-18-20-16(19(22)26-18)12-13-6-9-15(10-7-13)21(23)24/h2-12H,1H3. The van der Waals surface area contributed by atoms with Crippen molar-refractivity contribution >= 4 is 29.7 Å². The molecule has 0 atom stereocenters. The van der Waals surface area contributed by atoms with Crippen molar-refractivity contribution in [3.05, 3.63) is 81.5 Å². The van der Waals surface area contributed by atoms with E-state index in [1.165, 1.54) is 30.3 Å². The molecule has 0 radical (unpaired) electrons. The Balaban J connectivity index is 1.80. The number of hydrogen-bond acceptors (Lipinski definition) is 6. The number of non-ortho nitro benzene ring substituents is 1. The van der Waals surface area contributed by atoms with E-state index in [1.54, 1.807) is 19.3 Å². The zero-order valence-corrected chi connectivity index (χ0v) is 13.8. The van der Waals surface area contributed by atoms with Crippen LogP contribution in [-0.4, -0.2) is 23.9 Å². The monoisotopic (exact) mass is 350 g/mol. The third-order valence-corrected chi connectivity index (χ3v) is 3.59. The Morgan fingerprint density at radius 1 is 1.12 bits per heavy atom. The van der Waals surface area contributed by atoms with Gasteiger partial charge in [0.25, 0.3) is 5.69 Å². The third kappa shape index (κ3) is 3.84. The summed E-state index contributed by atoms with van der Waals surface area (Å²) in [6.45, 7) is 0. The summed E-state index contributed by atoms with van der Waals surface area (Å²) in [5, 5.41) is 10.7. The summed E-state index contributed by atoms with van der Waals surface area (Å²) >= 11 is 0. The number of aliphatic imine (C=N–C) groups is 1. The van der Waals surface area contributed by atoms with Crippen LogP contribution in [0, 0.1) is 10.1 Å². The fourth-order valence-corrected chi connectivity index (χ4v) is 2.31. The number of nitrogens with zero attached hydrogens (tertiary/aromatic N) is 2. The molecule has 0 saturated heterocycles. The van der Waals surface area contributed by atoms with Crippen molar-refractivity contribution in [1.82, 2.24) is 0 Å². The first kappa shape index (κ1) is 17.1. The topological polar surface area (TPSA) is 91.0 Å². The number of nitro groups is 1. The minimum atomic E-state index is -0.581. The number of nitro benzene ring substituents is 1. The molecule has 26 heavy (non-hydrogen) atoms. The number of para-hydroxylation sites is 1. The van der Waals surface area contributed by atoms with E-state index in [2.05, 4.69) is 4.99 Å². The lowest BCUT2D eigenvalue weighted by Gasteiger charge is -2.02. The molecular weight excluding hydrogens is 336 g/mol. The van der Waals surface area contributed by atoms with Crippen molar-refractivity contribution in [3.8, 4) is 5.75 Å². The second-order valence-electron chi connectivity index (χ2n) is 5.29. The largest absolute Gasteiger partial charge is 0.496 e. The highest BCUT2D eigenvalue weighted by molar-refractivity contribution is 6.11. The van der Waals surface area contributed by atoms with E-state index in [1.807, 2.05) is 24.3 Å². The summed E-state index contributed by atoms with van der Waals surface area (Å²) in [5.41, 5.74) is 1.53. The quantitative estimate of drug-likeness (QED) is 0.355. The van der Waals surface area contributed by atoms with Gasteiger partial charge in [0.1, 0.15) is 5.75 Å². The van der Waals surface area contributed by atoms with E-state index in [0.717, 1.165) is 5.56 Å². The highest BCUT2D eigenvalue weighted by atomic mass is 16.6. The lowest BCUT2D eigenvalue weighted by atomic mass is 10.2. The number of hydrogen-bond donors (Lipinski definition) is 0. The summed E-state index contributed by atoms with van der Waals surface area (Å²) in [4.78, 5) is 26.2. The van der Waals surface area contributed by atoms with E-state index >= 15 is 0 Å². The molecule has 0 saturated carbocycles. The van der Waals surface area contributed by atoms with Crippen LogP contribution < -0.4 is 4.74 Å². The summed E-state index contributed by atoms with van der Waals surface area (Å²) < 4.78 is 10.4. The summed E-state index contributed by atoms with van der Waals surface area (Å²) in [6.07, 6.45) is 4.82. The normalized spacial score (nSPS) is 15.2. The number of methoxy groups -OCH3 is 1. The Kier molecular flexibility index (Phi) is 4.89. The van der Waals surface area contributed by atoms with E-state index in [0.29, 0.717) is 11.3 Å². The third-order valence-electron chi connectivity index (χ3n) is 3.59. The molecule has 1 aliphatic rings. The zero-order chi connectivity index (χ0) is 18.5. The average molecular weight is 350 g/mol. The minimum Gasteiger partial charge on any atom is -0.496 e. The Labute approximate surface area is 149 Å². The van der Waals surface area contributed by atoms with E-state index in [4.69, 9.17) is 9.47 Å². The van der Waals surface area contributed by atoms with E-state index in [-0.39, 0.29) is 17.3 Å². The Morgan fingerprint density at radius 3 is 2.54 bits per heavy atom. The van der Waals surface area contributed by atoms with Crippen LogP contribution in [0.1, 0.15) is 11.1 Å². The molecule has 0 amide bonds. The maximum Gasteiger partial charge on any atom is 0.363 e. The SMILES string of the molecule is COc1ccccc1C=CC1=NC(=Cc2ccc([N+](=O)[O-])cc2)C(=O)O1. The molecule has 1 aliphatic heterocycles. The van der Waals surface area contributed by atoms with Gasteiger partial charge in [0.05, 0.1) is 12.0 Å². The van der Waals surface area contributed by atoms with Gasteiger partial charge in [0, 0.05) is 23.8 Å². The maximum absolute atomic E-state index is 11.9. The fraction of sp³-hybridized carbons (Fsp3) is 0.0526. The van der Waals surface area contributed by atoms with E-state index in [9.17, 15) is 14.9 Å². The van der Waals surface area contributed by atoms with Crippen molar-refractivity contribution in [2.75, 3.05) is 7.11 Å². The van der Waals surface area contributed by atoms with E-state index < -0.39 is 10.9 Å². The highest BCUT2D eigenvalue weighted by Gasteiger charge is 2.21. The second kappa shape index (κ2) is 7.43. The first-order valence-electron chi connectivity index (χ1n) is 7.65. The van der Waals surface area contributed by atoms with Crippen molar-refractivity contribution < 1.29 is 19.2 Å². The molecule has 1 heterocycles. The average Bonchev–Trinajstić information content (AvgIpc) is 3.00. The number of carbonyl (C=O) groups is 1. The van der Waals surface area contributed by atoms with Gasteiger partial charge in [-0.25, -0.2) is 9.79 Å². The van der Waals surface area contributed by atoms with Crippen molar-refractivity contribution in [2.24, 2.45) is 4.99 Å². The Hall–Kier alpha value is -3.74. The molecule has 2 aromatic carbocycles. The number of esters is 1. The van der Waals surface area contributed by atoms with Gasteiger partial charge in [0.15, 0.2) is 5.70 Å². The van der Waals surface area contributed by atoms with Crippen LogP contribution in [0.3, 0.4) is 0 Å². The van der Waals surface area contributed by atoms with Gasteiger partial charge in [-0.1, -0.05) is 18.2 Å². The predicted octanol–water partition coefficient (Wildman–Crippen LogP) is 3.61. The molecular formula is C19H14N2O5. The summed E-state index contributed by atoms with van der Waals surface area (Å²) in [7, 11) is 1.57. The van der Waals surface area contributed by atoms with Crippen molar-refractivity contribution in [3.63, 3.8) is 0 Å². The maximum atomic E-state index is 11.9. The predicted molar refractivity (Wildman–Crippen MR) is 96.6 cm³/mol. The fourth-order valence-electron chi connectivity index (χ4n) is 2.31. The lowest BCUT2D eigenvalue weighted by molar-refractivity contribution is -0.384. The highest BCUT2D eigenvalue weighted by Crippen LogP contribution is 2.21. The molecule has 0 aromatic heterocycles. The molecule has 130 valence electrons. The first-order valence-corrected chi connectivity index (χ1v) is 7.65. The van der Waals surface area contributed by atoms with Gasteiger partial charge in [-0.15, -0.1) is 0 Å².